The Balaban J connectivity index is 1.56. The molecule has 0 radical (unpaired) electrons. The fraction of sp³-hybridized carbons (Fsp3) is 0.296. The Kier molecular flexibility index (Phi) is 7.21. The number of hydrogen-bond donors (Lipinski definition) is 1. The number of amides is 2. The molecule has 176 valence electrons. The molecule has 0 spiro atoms. The molecule has 0 bridgehead atoms. The SMILES string of the molecule is CCC(=O)N1CCc2ccc(OC(C)C(=O)NCc3ccncc3)cc2C1c1cccc(F)c1. The van der Waals surface area contributed by atoms with Gasteiger partial charge in [0.15, 0.2) is 6.10 Å². The van der Waals surface area contributed by atoms with Crippen molar-refractivity contribution in [2.24, 2.45) is 0 Å². The molecule has 1 aliphatic heterocycles. The monoisotopic (exact) mass is 461 g/mol. The average molecular weight is 462 g/mol. The van der Waals surface area contributed by atoms with Crippen LogP contribution in [0.25, 0.3) is 0 Å². The van der Waals surface area contributed by atoms with Gasteiger partial charge in [-0.2, -0.15) is 0 Å². The fourth-order valence-corrected chi connectivity index (χ4v) is 4.27. The van der Waals surface area contributed by atoms with E-state index in [1.807, 2.05) is 43.3 Å². The van der Waals surface area contributed by atoms with E-state index in [-0.39, 0.29) is 17.6 Å². The molecule has 2 amide bonds. The number of nitrogens with zero attached hydrogens (tertiary/aromatic N) is 2. The maximum absolute atomic E-state index is 14.1. The van der Waals surface area contributed by atoms with E-state index in [0.29, 0.717) is 37.2 Å². The average Bonchev–Trinajstić information content (AvgIpc) is 2.86. The molecule has 1 aliphatic rings. The molecular weight excluding hydrogens is 433 g/mol. The summed E-state index contributed by atoms with van der Waals surface area (Å²) in [5.74, 6) is -0.0491. The summed E-state index contributed by atoms with van der Waals surface area (Å²) < 4.78 is 20.0. The predicted molar refractivity (Wildman–Crippen MR) is 127 cm³/mol. The van der Waals surface area contributed by atoms with Crippen LogP contribution < -0.4 is 10.1 Å². The molecule has 6 nitrogen and oxygen atoms in total. The number of pyridine rings is 1. The van der Waals surface area contributed by atoms with Gasteiger partial charge in [0.2, 0.25) is 5.91 Å². The van der Waals surface area contributed by atoms with Gasteiger partial charge in [0.1, 0.15) is 11.6 Å². The number of carbonyl (C=O) groups excluding carboxylic acids is 2. The summed E-state index contributed by atoms with van der Waals surface area (Å²) in [5.41, 5.74) is 3.63. The standard InChI is InChI=1S/C27H28FN3O3/c1-3-25(32)31-14-11-20-7-8-23(16-24(20)26(31)21-5-4-6-22(28)15-21)34-18(2)27(33)30-17-19-9-12-29-13-10-19/h4-10,12-13,15-16,18,26H,3,11,14,17H2,1-2H3,(H,30,33). The summed E-state index contributed by atoms with van der Waals surface area (Å²) >= 11 is 0. The third kappa shape index (κ3) is 5.25. The number of fused-ring (bicyclic) bond motifs is 1. The number of carbonyl (C=O) groups is 2. The second-order valence-corrected chi connectivity index (χ2v) is 8.34. The van der Waals surface area contributed by atoms with Crippen LogP contribution in [0.4, 0.5) is 4.39 Å². The van der Waals surface area contributed by atoms with E-state index in [1.165, 1.54) is 12.1 Å². The van der Waals surface area contributed by atoms with Gasteiger partial charge < -0.3 is 15.0 Å². The number of benzene rings is 2. The zero-order valence-electron chi connectivity index (χ0n) is 19.3. The van der Waals surface area contributed by atoms with Gasteiger partial charge in [0.05, 0.1) is 6.04 Å². The van der Waals surface area contributed by atoms with Crippen LogP contribution in [0.2, 0.25) is 0 Å². The zero-order valence-corrected chi connectivity index (χ0v) is 19.3. The summed E-state index contributed by atoms with van der Waals surface area (Å²) in [6.45, 7) is 4.47. The summed E-state index contributed by atoms with van der Waals surface area (Å²) in [6, 6.07) is 15.3. The van der Waals surface area contributed by atoms with Crippen LogP contribution in [-0.2, 0) is 22.6 Å². The van der Waals surface area contributed by atoms with E-state index in [2.05, 4.69) is 10.3 Å². The third-order valence-corrected chi connectivity index (χ3v) is 6.03. The molecule has 1 N–H and O–H groups in total. The maximum Gasteiger partial charge on any atom is 0.261 e. The van der Waals surface area contributed by atoms with E-state index >= 15 is 0 Å². The number of ether oxygens (including phenoxy) is 1. The molecule has 2 heterocycles. The van der Waals surface area contributed by atoms with Crippen molar-refractivity contribution in [1.82, 2.24) is 15.2 Å². The van der Waals surface area contributed by atoms with Gasteiger partial charge in [0.25, 0.3) is 5.91 Å². The second kappa shape index (κ2) is 10.5. The molecule has 2 unspecified atom stereocenters. The Morgan fingerprint density at radius 3 is 2.71 bits per heavy atom. The van der Waals surface area contributed by atoms with Crippen molar-refractivity contribution in [3.05, 3.63) is 95.1 Å². The number of aromatic nitrogens is 1. The Labute approximate surface area is 198 Å². The molecule has 0 fully saturated rings. The minimum atomic E-state index is -0.718. The van der Waals surface area contributed by atoms with Crippen LogP contribution in [0.1, 0.15) is 48.6 Å². The number of nitrogens with one attached hydrogen (secondary N) is 1. The maximum atomic E-state index is 14.1. The lowest BCUT2D eigenvalue weighted by Crippen LogP contribution is -2.40. The first-order valence-corrected chi connectivity index (χ1v) is 11.5. The fourth-order valence-electron chi connectivity index (χ4n) is 4.27. The van der Waals surface area contributed by atoms with Gasteiger partial charge in [-0.05, 0) is 72.0 Å². The highest BCUT2D eigenvalue weighted by Crippen LogP contribution is 2.37. The first kappa shape index (κ1) is 23.4. The number of halogens is 1. The molecule has 34 heavy (non-hydrogen) atoms. The summed E-state index contributed by atoms with van der Waals surface area (Å²) in [7, 11) is 0. The minimum absolute atomic E-state index is 0.00934. The van der Waals surface area contributed by atoms with Gasteiger partial charge in [-0.25, -0.2) is 4.39 Å². The summed E-state index contributed by atoms with van der Waals surface area (Å²) in [6.07, 6.45) is 3.71. The number of rotatable bonds is 7. The van der Waals surface area contributed by atoms with Crippen molar-refractivity contribution in [3.8, 4) is 5.75 Å². The molecule has 7 heteroatoms. The highest BCUT2D eigenvalue weighted by Gasteiger charge is 2.32. The van der Waals surface area contributed by atoms with Crippen molar-refractivity contribution in [1.29, 1.82) is 0 Å². The summed E-state index contributed by atoms with van der Waals surface area (Å²) in [5, 5.41) is 2.87. The lowest BCUT2D eigenvalue weighted by molar-refractivity contribution is -0.133. The first-order valence-electron chi connectivity index (χ1n) is 11.5. The van der Waals surface area contributed by atoms with Crippen LogP contribution in [-0.4, -0.2) is 34.3 Å². The molecule has 0 aliphatic carbocycles. The molecule has 1 aromatic heterocycles. The van der Waals surface area contributed by atoms with Crippen molar-refractivity contribution in [2.45, 2.75) is 45.4 Å². The van der Waals surface area contributed by atoms with E-state index in [9.17, 15) is 14.0 Å². The minimum Gasteiger partial charge on any atom is -0.481 e. The van der Waals surface area contributed by atoms with Crippen LogP contribution in [0, 0.1) is 5.82 Å². The van der Waals surface area contributed by atoms with Crippen molar-refractivity contribution >= 4 is 11.8 Å². The van der Waals surface area contributed by atoms with E-state index < -0.39 is 12.1 Å². The van der Waals surface area contributed by atoms with E-state index in [0.717, 1.165) is 16.7 Å². The van der Waals surface area contributed by atoms with Gasteiger partial charge in [-0.1, -0.05) is 25.1 Å². The zero-order chi connectivity index (χ0) is 24.1. The Morgan fingerprint density at radius 1 is 1.18 bits per heavy atom. The first-order chi connectivity index (χ1) is 16.5. The third-order valence-electron chi connectivity index (χ3n) is 6.03. The van der Waals surface area contributed by atoms with Gasteiger partial charge in [-0.3, -0.25) is 14.6 Å². The lowest BCUT2D eigenvalue weighted by atomic mass is 9.87. The number of hydrogen-bond acceptors (Lipinski definition) is 4. The van der Waals surface area contributed by atoms with Crippen LogP contribution in [0.5, 0.6) is 5.75 Å². The van der Waals surface area contributed by atoms with Gasteiger partial charge >= 0.3 is 0 Å². The van der Waals surface area contributed by atoms with Crippen LogP contribution in [0.15, 0.2) is 67.0 Å². The second-order valence-electron chi connectivity index (χ2n) is 8.34. The molecule has 0 saturated heterocycles. The topological polar surface area (TPSA) is 71.5 Å². The normalized spacial score (nSPS) is 15.9. The predicted octanol–water partition coefficient (Wildman–Crippen LogP) is 4.19. The highest BCUT2D eigenvalue weighted by molar-refractivity contribution is 5.80. The largest absolute Gasteiger partial charge is 0.481 e. The van der Waals surface area contributed by atoms with E-state index in [4.69, 9.17) is 4.74 Å². The molecule has 2 aromatic carbocycles. The summed E-state index contributed by atoms with van der Waals surface area (Å²) in [4.78, 5) is 31.1. The van der Waals surface area contributed by atoms with Gasteiger partial charge in [0, 0.05) is 31.9 Å². The quantitative estimate of drug-likeness (QED) is 0.573. The molecule has 3 aromatic rings. The van der Waals surface area contributed by atoms with Crippen molar-refractivity contribution < 1.29 is 18.7 Å². The lowest BCUT2D eigenvalue weighted by Gasteiger charge is -2.38. The molecule has 4 rings (SSSR count). The molecular formula is C27H28FN3O3. The molecule has 0 saturated carbocycles. The molecule has 2 atom stereocenters. The Morgan fingerprint density at radius 2 is 1.97 bits per heavy atom. The smallest absolute Gasteiger partial charge is 0.261 e. The van der Waals surface area contributed by atoms with Crippen molar-refractivity contribution in [3.63, 3.8) is 0 Å². The van der Waals surface area contributed by atoms with Crippen LogP contribution in [0.3, 0.4) is 0 Å². The van der Waals surface area contributed by atoms with Crippen LogP contribution >= 0.6 is 0 Å². The highest BCUT2D eigenvalue weighted by atomic mass is 19.1. The van der Waals surface area contributed by atoms with Crippen molar-refractivity contribution in [2.75, 3.05) is 6.54 Å². The Hall–Kier alpha value is -3.74. The van der Waals surface area contributed by atoms with E-state index in [1.54, 1.807) is 30.3 Å². The van der Waals surface area contributed by atoms with Gasteiger partial charge in [-0.15, -0.1) is 0 Å². The Bertz CT molecular complexity index is 1170.